The first kappa shape index (κ1) is 16.1. The lowest BCUT2D eigenvalue weighted by Crippen LogP contribution is -2.07. The van der Waals surface area contributed by atoms with Gasteiger partial charge in [0.15, 0.2) is 0 Å². The Hall–Kier alpha value is -0.980. The highest BCUT2D eigenvalue weighted by molar-refractivity contribution is 5.47. The van der Waals surface area contributed by atoms with Crippen molar-refractivity contribution in [3.05, 3.63) is 28.8 Å². The van der Waals surface area contributed by atoms with Crippen LogP contribution in [0.4, 0.5) is 0 Å². The molecule has 0 fully saturated rings. The topological polar surface area (TPSA) is 20.2 Å². The van der Waals surface area contributed by atoms with Crippen LogP contribution < -0.4 is 0 Å². The van der Waals surface area contributed by atoms with Crippen LogP contribution >= 0.6 is 0 Å². The summed E-state index contributed by atoms with van der Waals surface area (Å²) in [7, 11) is 0. The first-order valence-corrected chi connectivity index (χ1v) is 7.91. The van der Waals surface area contributed by atoms with Gasteiger partial charge in [0.25, 0.3) is 0 Å². The maximum Gasteiger partial charge on any atom is 0.119 e. The average molecular weight is 262 g/mol. The van der Waals surface area contributed by atoms with Crippen molar-refractivity contribution in [1.29, 1.82) is 0 Å². The number of hydrogen-bond donors (Lipinski definition) is 1. The van der Waals surface area contributed by atoms with Crippen LogP contribution in [0.5, 0.6) is 5.75 Å². The molecule has 1 aromatic rings. The molecule has 0 heterocycles. The van der Waals surface area contributed by atoms with E-state index in [0.717, 1.165) is 25.7 Å². The van der Waals surface area contributed by atoms with Crippen molar-refractivity contribution >= 4 is 0 Å². The van der Waals surface area contributed by atoms with E-state index in [0.29, 0.717) is 17.6 Å². The molecule has 1 nitrogen and oxygen atoms in total. The maximum absolute atomic E-state index is 10.2. The standard InChI is InChI=1S/C18H30O/c1-6-9-10-16-17(19)12-11-15(13(4)7-2)18(16)14(5)8-3/h11-14,19H,6-10H2,1-5H3. The molecule has 0 aromatic heterocycles. The van der Waals surface area contributed by atoms with Crippen LogP contribution in [0.1, 0.15) is 88.8 Å². The number of phenolic OH excluding ortho intramolecular Hbond substituents is 1. The van der Waals surface area contributed by atoms with E-state index in [1.54, 1.807) is 0 Å². The van der Waals surface area contributed by atoms with E-state index in [4.69, 9.17) is 0 Å². The Morgan fingerprint density at radius 2 is 1.63 bits per heavy atom. The Labute approximate surface area is 119 Å². The average Bonchev–Trinajstić information content (AvgIpc) is 2.43. The van der Waals surface area contributed by atoms with Gasteiger partial charge in [0, 0.05) is 0 Å². The second-order valence-electron chi connectivity index (χ2n) is 5.79. The molecule has 1 N–H and O–H groups in total. The van der Waals surface area contributed by atoms with E-state index in [1.807, 2.05) is 6.07 Å². The lowest BCUT2D eigenvalue weighted by atomic mass is 9.82. The van der Waals surface area contributed by atoms with Gasteiger partial charge in [-0.05, 0) is 60.3 Å². The van der Waals surface area contributed by atoms with Crippen LogP contribution in [0, 0.1) is 0 Å². The van der Waals surface area contributed by atoms with E-state index < -0.39 is 0 Å². The SMILES string of the molecule is CCCCc1c(O)ccc(C(C)CC)c1C(C)CC. The summed E-state index contributed by atoms with van der Waals surface area (Å²) in [6, 6.07) is 4.04. The number of phenols is 1. The van der Waals surface area contributed by atoms with E-state index in [1.165, 1.54) is 23.1 Å². The minimum absolute atomic E-state index is 0.496. The summed E-state index contributed by atoms with van der Waals surface area (Å²) in [5.41, 5.74) is 4.07. The molecule has 0 bridgehead atoms. The Morgan fingerprint density at radius 1 is 1.00 bits per heavy atom. The Kier molecular flexibility index (Phi) is 6.41. The Bertz CT molecular complexity index is 395. The van der Waals surface area contributed by atoms with Gasteiger partial charge in [-0.1, -0.05) is 47.1 Å². The first-order valence-electron chi connectivity index (χ1n) is 7.91. The molecular formula is C18H30O. The lowest BCUT2D eigenvalue weighted by molar-refractivity contribution is 0.463. The zero-order valence-corrected chi connectivity index (χ0v) is 13.3. The summed E-state index contributed by atoms with van der Waals surface area (Å²) in [6.45, 7) is 11.3. The molecule has 2 atom stereocenters. The zero-order valence-electron chi connectivity index (χ0n) is 13.3. The van der Waals surface area contributed by atoms with Crippen molar-refractivity contribution in [3.63, 3.8) is 0 Å². The van der Waals surface area contributed by atoms with Crippen LogP contribution in [0.2, 0.25) is 0 Å². The number of hydrogen-bond acceptors (Lipinski definition) is 1. The number of benzene rings is 1. The summed E-state index contributed by atoms with van der Waals surface area (Å²) < 4.78 is 0. The smallest absolute Gasteiger partial charge is 0.119 e. The van der Waals surface area contributed by atoms with Gasteiger partial charge in [-0.15, -0.1) is 0 Å². The van der Waals surface area contributed by atoms with Crippen molar-refractivity contribution in [2.75, 3.05) is 0 Å². The van der Waals surface area contributed by atoms with Crippen LogP contribution in [0.15, 0.2) is 12.1 Å². The van der Waals surface area contributed by atoms with E-state index in [2.05, 4.69) is 40.7 Å². The van der Waals surface area contributed by atoms with E-state index in [9.17, 15) is 5.11 Å². The van der Waals surface area contributed by atoms with Crippen molar-refractivity contribution in [2.45, 2.75) is 78.6 Å². The quantitative estimate of drug-likeness (QED) is 0.662. The number of aromatic hydroxyl groups is 1. The second kappa shape index (κ2) is 7.57. The third-order valence-electron chi connectivity index (χ3n) is 4.39. The first-order chi connectivity index (χ1) is 9.06. The van der Waals surface area contributed by atoms with E-state index >= 15 is 0 Å². The van der Waals surface area contributed by atoms with Gasteiger partial charge in [-0.25, -0.2) is 0 Å². The molecule has 2 unspecified atom stereocenters. The largest absolute Gasteiger partial charge is 0.508 e. The summed E-state index contributed by atoms with van der Waals surface area (Å²) in [5, 5.41) is 10.2. The van der Waals surface area contributed by atoms with Crippen molar-refractivity contribution in [1.82, 2.24) is 0 Å². The molecule has 19 heavy (non-hydrogen) atoms. The fourth-order valence-electron chi connectivity index (χ4n) is 2.72. The van der Waals surface area contributed by atoms with E-state index in [-0.39, 0.29) is 0 Å². The number of unbranched alkanes of at least 4 members (excludes halogenated alkanes) is 1. The Balaban J connectivity index is 3.32. The summed E-state index contributed by atoms with van der Waals surface area (Å²) in [5.74, 6) is 1.60. The molecule has 0 aliphatic rings. The van der Waals surface area contributed by atoms with Gasteiger partial charge in [0.05, 0.1) is 0 Å². The molecule has 1 heteroatoms. The molecule has 0 radical (unpaired) electrons. The van der Waals surface area contributed by atoms with Gasteiger partial charge < -0.3 is 5.11 Å². The second-order valence-corrected chi connectivity index (χ2v) is 5.79. The van der Waals surface area contributed by atoms with Crippen molar-refractivity contribution in [2.24, 2.45) is 0 Å². The maximum atomic E-state index is 10.2. The molecule has 0 amide bonds. The predicted molar refractivity (Wildman–Crippen MR) is 84.1 cm³/mol. The summed E-state index contributed by atoms with van der Waals surface area (Å²) >= 11 is 0. The van der Waals surface area contributed by atoms with Crippen LogP contribution in [-0.2, 0) is 6.42 Å². The van der Waals surface area contributed by atoms with Crippen LogP contribution in [0.25, 0.3) is 0 Å². The molecule has 108 valence electrons. The van der Waals surface area contributed by atoms with Crippen molar-refractivity contribution < 1.29 is 5.11 Å². The van der Waals surface area contributed by atoms with Gasteiger partial charge in [0.1, 0.15) is 5.75 Å². The molecule has 0 spiro atoms. The Morgan fingerprint density at radius 3 is 2.16 bits per heavy atom. The van der Waals surface area contributed by atoms with Crippen LogP contribution in [0.3, 0.4) is 0 Å². The minimum Gasteiger partial charge on any atom is -0.508 e. The van der Waals surface area contributed by atoms with Crippen LogP contribution in [-0.4, -0.2) is 5.11 Å². The normalized spacial score (nSPS) is 14.4. The molecule has 1 rings (SSSR count). The predicted octanol–water partition coefficient (Wildman–Crippen LogP) is 5.76. The van der Waals surface area contributed by atoms with Gasteiger partial charge in [-0.2, -0.15) is 0 Å². The monoisotopic (exact) mass is 262 g/mol. The molecule has 0 aliphatic carbocycles. The third-order valence-corrected chi connectivity index (χ3v) is 4.39. The highest BCUT2D eigenvalue weighted by atomic mass is 16.3. The molecule has 0 aliphatic heterocycles. The fraction of sp³-hybridized carbons (Fsp3) is 0.667. The van der Waals surface area contributed by atoms with Crippen molar-refractivity contribution in [3.8, 4) is 5.75 Å². The lowest BCUT2D eigenvalue weighted by Gasteiger charge is -2.24. The highest BCUT2D eigenvalue weighted by Gasteiger charge is 2.19. The van der Waals surface area contributed by atoms with Gasteiger partial charge in [0.2, 0.25) is 0 Å². The molecule has 1 aromatic carbocycles. The zero-order chi connectivity index (χ0) is 14.4. The van der Waals surface area contributed by atoms with Gasteiger partial charge in [-0.3, -0.25) is 0 Å². The summed E-state index contributed by atoms with van der Waals surface area (Å²) in [6.07, 6.45) is 5.62. The fourth-order valence-corrected chi connectivity index (χ4v) is 2.72. The minimum atomic E-state index is 0.496. The molecular weight excluding hydrogens is 232 g/mol. The number of rotatable bonds is 7. The summed E-state index contributed by atoms with van der Waals surface area (Å²) in [4.78, 5) is 0. The highest BCUT2D eigenvalue weighted by Crippen LogP contribution is 2.37. The molecule has 0 saturated heterocycles. The third kappa shape index (κ3) is 3.75. The van der Waals surface area contributed by atoms with Gasteiger partial charge >= 0.3 is 0 Å². The molecule has 0 saturated carbocycles.